The van der Waals surface area contributed by atoms with Crippen LogP contribution in [-0.4, -0.2) is 37.7 Å². The molecule has 2 fully saturated rings. The van der Waals surface area contributed by atoms with E-state index in [1.165, 1.54) is 56.4 Å². The summed E-state index contributed by atoms with van der Waals surface area (Å²) in [6.45, 7) is 3.68. The number of methoxy groups -OCH3 is 1. The molecule has 1 N–H and O–H groups in total. The Morgan fingerprint density at radius 3 is 3.20 bits per heavy atom. The first kappa shape index (κ1) is 12.7. The summed E-state index contributed by atoms with van der Waals surface area (Å²) in [5, 5.41) is 3.75. The first-order valence-electron chi connectivity index (χ1n) is 8.00. The fourth-order valence-corrected chi connectivity index (χ4v) is 4.51. The number of nitrogens with one attached hydrogen (secondary N) is 1. The molecule has 1 aromatic carbocycles. The summed E-state index contributed by atoms with van der Waals surface area (Å²) in [5.74, 6) is 1.95. The zero-order valence-corrected chi connectivity index (χ0v) is 12.3. The summed E-state index contributed by atoms with van der Waals surface area (Å²) in [7, 11) is 1.80. The highest BCUT2D eigenvalue weighted by Crippen LogP contribution is 2.43. The van der Waals surface area contributed by atoms with Crippen LogP contribution in [0.15, 0.2) is 18.2 Å². The lowest BCUT2D eigenvalue weighted by atomic mass is 9.77. The van der Waals surface area contributed by atoms with Crippen molar-refractivity contribution in [2.75, 3.05) is 26.7 Å². The van der Waals surface area contributed by atoms with Crippen molar-refractivity contribution in [3.8, 4) is 5.75 Å². The van der Waals surface area contributed by atoms with Gasteiger partial charge in [-0.1, -0.05) is 12.1 Å². The molecular formula is C17H24N2O. The number of fused-ring (bicyclic) bond motifs is 4. The summed E-state index contributed by atoms with van der Waals surface area (Å²) in [6.07, 6.45) is 5.17. The fourth-order valence-electron chi connectivity index (χ4n) is 4.51. The summed E-state index contributed by atoms with van der Waals surface area (Å²) >= 11 is 0. The molecule has 20 heavy (non-hydrogen) atoms. The van der Waals surface area contributed by atoms with E-state index in [-0.39, 0.29) is 0 Å². The third-order valence-corrected chi connectivity index (χ3v) is 5.49. The zero-order chi connectivity index (χ0) is 13.5. The van der Waals surface area contributed by atoms with Crippen LogP contribution in [0.1, 0.15) is 36.4 Å². The Balaban J connectivity index is 1.69. The van der Waals surface area contributed by atoms with Gasteiger partial charge in [0.2, 0.25) is 0 Å². The van der Waals surface area contributed by atoms with E-state index in [1.807, 2.05) is 0 Å². The molecule has 0 aliphatic carbocycles. The van der Waals surface area contributed by atoms with Crippen LogP contribution in [0.2, 0.25) is 0 Å². The standard InChI is InChI=1S/C17H24N2O/c1-20-16-6-2-4-12-7-9-19-11-13-5-3-8-18-14(13)10-15(19)17(12)16/h2,4,6,13-15,18H,3,5,7-11H2,1H3/t13-,14+,15-/m1/s1. The van der Waals surface area contributed by atoms with E-state index < -0.39 is 0 Å². The number of nitrogens with zero attached hydrogens (tertiary/aromatic N) is 1. The molecular weight excluding hydrogens is 248 g/mol. The third-order valence-electron chi connectivity index (χ3n) is 5.49. The molecule has 0 saturated carbocycles. The maximum absolute atomic E-state index is 5.65. The predicted molar refractivity (Wildman–Crippen MR) is 80.1 cm³/mol. The first-order valence-corrected chi connectivity index (χ1v) is 8.00. The van der Waals surface area contributed by atoms with E-state index >= 15 is 0 Å². The number of rotatable bonds is 1. The number of benzene rings is 1. The normalized spacial score (nSPS) is 33.0. The van der Waals surface area contributed by atoms with Gasteiger partial charge < -0.3 is 10.1 Å². The van der Waals surface area contributed by atoms with E-state index in [4.69, 9.17) is 4.74 Å². The minimum absolute atomic E-state index is 0.557. The van der Waals surface area contributed by atoms with E-state index in [0.717, 1.165) is 11.7 Å². The van der Waals surface area contributed by atoms with E-state index in [0.29, 0.717) is 12.1 Å². The summed E-state index contributed by atoms with van der Waals surface area (Å²) in [6, 6.07) is 7.82. The van der Waals surface area contributed by atoms with E-state index in [9.17, 15) is 0 Å². The Morgan fingerprint density at radius 2 is 2.30 bits per heavy atom. The van der Waals surface area contributed by atoms with Gasteiger partial charge in [0.25, 0.3) is 0 Å². The molecule has 3 heteroatoms. The molecule has 0 amide bonds. The monoisotopic (exact) mass is 272 g/mol. The molecule has 3 heterocycles. The predicted octanol–water partition coefficient (Wildman–Crippen LogP) is 2.37. The minimum atomic E-state index is 0.557. The van der Waals surface area contributed by atoms with Crippen LogP contribution in [0, 0.1) is 5.92 Å². The van der Waals surface area contributed by atoms with Crippen LogP contribution in [-0.2, 0) is 6.42 Å². The van der Waals surface area contributed by atoms with Crippen molar-refractivity contribution >= 4 is 0 Å². The molecule has 0 radical (unpaired) electrons. The summed E-state index contributed by atoms with van der Waals surface area (Å²) < 4.78 is 5.65. The van der Waals surface area contributed by atoms with Gasteiger partial charge in [0.05, 0.1) is 7.11 Å². The maximum atomic E-state index is 5.65. The van der Waals surface area contributed by atoms with Gasteiger partial charge in [-0.05, 0) is 49.8 Å². The Morgan fingerprint density at radius 1 is 1.35 bits per heavy atom. The van der Waals surface area contributed by atoms with Crippen LogP contribution in [0.3, 0.4) is 0 Å². The second kappa shape index (κ2) is 5.05. The van der Waals surface area contributed by atoms with Gasteiger partial charge in [-0.15, -0.1) is 0 Å². The van der Waals surface area contributed by atoms with Crippen molar-refractivity contribution in [1.29, 1.82) is 0 Å². The molecule has 3 nitrogen and oxygen atoms in total. The largest absolute Gasteiger partial charge is 0.496 e. The molecule has 108 valence electrons. The van der Waals surface area contributed by atoms with Gasteiger partial charge in [-0.25, -0.2) is 0 Å². The smallest absolute Gasteiger partial charge is 0.123 e. The molecule has 1 aromatic rings. The number of hydrogen-bond acceptors (Lipinski definition) is 3. The van der Waals surface area contributed by atoms with Crippen molar-refractivity contribution in [1.82, 2.24) is 10.2 Å². The molecule has 0 spiro atoms. The van der Waals surface area contributed by atoms with Gasteiger partial charge in [-0.3, -0.25) is 4.90 Å². The first-order chi connectivity index (χ1) is 9.86. The van der Waals surface area contributed by atoms with Gasteiger partial charge in [0, 0.05) is 30.7 Å². The molecule has 3 aliphatic rings. The fraction of sp³-hybridized carbons (Fsp3) is 0.647. The van der Waals surface area contributed by atoms with Crippen molar-refractivity contribution < 1.29 is 4.74 Å². The van der Waals surface area contributed by atoms with E-state index in [2.05, 4.69) is 28.4 Å². The molecule has 3 aliphatic heterocycles. The number of piperidine rings is 2. The molecule has 0 bridgehead atoms. The lowest BCUT2D eigenvalue weighted by molar-refractivity contribution is 0.0538. The Hall–Kier alpha value is -1.06. The zero-order valence-electron chi connectivity index (χ0n) is 12.3. The Bertz CT molecular complexity index is 488. The second-order valence-corrected chi connectivity index (χ2v) is 6.49. The quantitative estimate of drug-likeness (QED) is 0.849. The Kier molecular flexibility index (Phi) is 3.20. The van der Waals surface area contributed by atoms with Gasteiger partial charge in [-0.2, -0.15) is 0 Å². The topological polar surface area (TPSA) is 24.5 Å². The summed E-state index contributed by atoms with van der Waals surface area (Å²) in [5.41, 5.74) is 2.96. The lowest BCUT2D eigenvalue weighted by Crippen LogP contribution is -2.54. The molecule has 4 rings (SSSR count). The average molecular weight is 272 g/mol. The van der Waals surface area contributed by atoms with Crippen molar-refractivity contribution in [3.05, 3.63) is 29.3 Å². The third kappa shape index (κ3) is 1.95. The van der Waals surface area contributed by atoms with Gasteiger partial charge in [0.15, 0.2) is 0 Å². The highest BCUT2D eigenvalue weighted by molar-refractivity contribution is 5.44. The molecule has 0 unspecified atom stereocenters. The minimum Gasteiger partial charge on any atom is -0.496 e. The van der Waals surface area contributed by atoms with Crippen molar-refractivity contribution in [2.45, 2.75) is 37.8 Å². The summed E-state index contributed by atoms with van der Waals surface area (Å²) in [4.78, 5) is 2.71. The van der Waals surface area contributed by atoms with Crippen LogP contribution in [0.5, 0.6) is 5.75 Å². The maximum Gasteiger partial charge on any atom is 0.123 e. The van der Waals surface area contributed by atoms with Crippen molar-refractivity contribution in [2.24, 2.45) is 5.92 Å². The average Bonchev–Trinajstić information content (AvgIpc) is 2.52. The van der Waals surface area contributed by atoms with Crippen LogP contribution < -0.4 is 10.1 Å². The molecule has 2 saturated heterocycles. The highest BCUT2D eigenvalue weighted by Gasteiger charge is 2.40. The van der Waals surface area contributed by atoms with E-state index in [1.54, 1.807) is 7.11 Å². The SMILES string of the molecule is COc1cccc2c1[C@H]1C[C@@H]3NCCC[C@@H]3CN1CC2. The number of hydrogen-bond donors (Lipinski definition) is 1. The second-order valence-electron chi connectivity index (χ2n) is 6.49. The van der Waals surface area contributed by atoms with Crippen LogP contribution in [0.25, 0.3) is 0 Å². The van der Waals surface area contributed by atoms with Crippen LogP contribution in [0.4, 0.5) is 0 Å². The van der Waals surface area contributed by atoms with Crippen LogP contribution >= 0.6 is 0 Å². The highest BCUT2D eigenvalue weighted by atomic mass is 16.5. The Labute approximate surface area is 121 Å². The van der Waals surface area contributed by atoms with Gasteiger partial charge >= 0.3 is 0 Å². The molecule has 3 atom stereocenters. The van der Waals surface area contributed by atoms with Crippen molar-refractivity contribution in [3.63, 3.8) is 0 Å². The molecule has 0 aromatic heterocycles. The number of ether oxygens (including phenoxy) is 1. The van der Waals surface area contributed by atoms with Gasteiger partial charge in [0.1, 0.15) is 5.75 Å². The lowest BCUT2D eigenvalue weighted by Gasteiger charge is -2.49.